The van der Waals surface area contributed by atoms with Gasteiger partial charge in [-0.15, -0.1) is 0 Å². The molecule has 0 heterocycles. The highest BCUT2D eigenvalue weighted by Gasteiger charge is 2.21. The van der Waals surface area contributed by atoms with Crippen molar-refractivity contribution in [2.75, 3.05) is 7.05 Å². The number of aliphatic carboxylic acids is 1. The van der Waals surface area contributed by atoms with Gasteiger partial charge in [-0.1, -0.05) is 30.7 Å². The number of benzene rings is 1. The number of carbonyl (C=O) groups is 2. The molecule has 1 aromatic carbocycles. The van der Waals surface area contributed by atoms with E-state index in [1.807, 2.05) is 32.0 Å². The van der Waals surface area contributed by atoms with E-state index in [1.54, 1.807) is 13.1 Å². The smallest absolute Gasteiger partial charge is 0.317 e. The monoisotopic (exact) mass is 312 g/mol. The van der Waals surface area contributed by atoms with Gasteiger partial charge in [-0.25, -0.2) is 4.79 Å². The van der Waals surface area contributed by atoms with Gasteiger partial charge in [0.15, 0.2) is 0 Å². The Morgan fingerprint density at radius 3 is 2.62 bits per heavy atom. The van der Waals surface area contributed by atoms with Gasteiger partial charge in [0, 0.05) is 18.1 Å². The maximum Gasteiger partial charge on any atom is 0.317 e. The minimum Gasteiger partial charge on any atom is -0.481 e. The van der Waals surface area contributed by atoms with Gasteiger partial charge in [-0.3, -0.25) is 4.79 Å². The summed E-state index contributed by atoms with van der Waals surface area (Å²) < 4.78 is 0. The fourth-order valence-electron chi connectivity index (χ4n) is 1.95. The number of carbonyl (C=O) groups excluding carboxylic acids is 1. The van der Waals surface area contributed by atoms with Gasteiger partial charge in [-0.2, -0.15) is 0 Å². The molecule has 0 aliphatic heterocycles. The zero-order valence-corrected chi connectivity index (χ0v) is 13.2. The zero-order chi connectivity index (χ0) is 16.0. The molecule has 2 amide bonds. The van der Waals surface area contributed by atoms with Gasteiger partial charge >= 0.3 is 12.0 Å². The predicted octanol–water partition coefficient (Wildman–Crippen LogP) is 3.30. The molecule has 2 N–H and O–H groups in total. The minimum atomic E-state index is -0.923. The summed E-state index contributed by atoms with van der Waals surface area (Å²) in [5, 5.41) is 12.2. The Labute approximate surface area is 129 Å². The number of nitrogens with one attached hydrogen (secondary N) is 1. The number of urea groups is 1. The lowest BCUT2D eigenvalue weighted by Gasteiger charge is -2.27. The molecule has 0 fully saturated rings. The molecule has 0 saturated carbocycles. The Bertz CT molecular complexity index is 507. The minimum absolute atomic E-state index is 0.0817. The van der Waals surface area contributed by atoms with E-state index in [9.17, 15) is 9.59 Å². The maximum atomic E-state index is 12.2. The van der Waals surface area contributed by atoms with Gasteiger partial charge < -0.3 is 15.3 Å². The Kier molecular flexibility index (Phi) is 6.49. The third-order valence-electron chi connectivity index (χ3n) is 3.47. The number of amides is 2. The van der Waals surface area contributed by atoms with Crippen LogP contribution in [0, 0.1) is 0 Å². The van der Waals surface area contributed by atoms with Crippen LogP contribution in [0.15, 0.2) is 24.3 Å². The van der Waals surface area contributed by atoms with Crippen molar-refractivity contribution < 1.29 is 14.7 Å². The number of hydrogen-bond donors (Lipinski definition) is 2. The van der Waals surface area contributed by atoms with Gasteiger partial charge in [0.1, 0.15) is 0 Å². The topological polar surface area (TPSA) is 69.6 Å². The van der Waals surface area contributed by atoms with Crippen molar-refractivity contribution >= 4 is 23.6 Å². The second-order valence-corrected chi connectivity index (χ2v) is 5.43. The number of nitrogens with zero attached hydrogens (tertiary/aromatic N) is 1. The lowest BCUT2D eigenvalue weighted by atomic mass is 10.1. The molecule has 21 heavy (non-hydrogen) atoms. The molecule has 1 aromatic rings. The SMILES string of the molecule is CCC(CC(=O)O)NC(=O)N(C)C(C)c1cccc(Cl)c1. The Morgan fingerprint density at radius 2 is 2.10 bits per heavy atom. The fourth-order valence-corrected chi connectivity index (χ4v) is 2.15. The van der Waals surface area contributed by atoms with E-state index in [4.69, 9.17) is 16.7 Å². The third kappa shape index (κ3) is 5.27. The van der Waals surface area contributed by atoms with Crippen LogP contribution >= 0.6 is 11.6 Å². The molecule has 0 saturated heterocycles. The second-order valence-electron chi connectivity index (χ2n) is 4.99. The van der Waals surface area contributed by atoms with Crippen LogP contribution in [0.2, 0.25) is 5.02 Å². The predicted molar refractivity (Wildman–Crippen MR) is 82.5 cm³/mol. The molecular weight excluding hydrogens is 292 g/mol. The summed E-state index contributed by atoms with van der Waals surface area (Å²) in [6.07, 6.45) is 0.485. The van der Waals surface area contributed by atoms with Gasteiger partial charge in [-0.05, 0) is 31.0 Å². The van der Waals surface area contributed by atoms with Crippen LogP contribution in [0.4, 0.5) is 4.79 Å². The Morgan fingerprint density at radius 1 is 1.43 bits per heavy atom. The number of carboxylic acids is 1. The Hall–Kier alpha value is -1.75. The van der Waals surface area contributed by atoms with Gasteiger partial charge in [0.25, 0.3) is 0 Å². The molecule has 0 radical (unpaired) electrons. The molecule has 0 aromatic heterocycles. The molecule has 0 spiro atoms. The number of halogens is 1. The third-order valence-corrected chi connectivity index (χ3v) is 3.71. The van der Waals surface area contributed by atoms with Crippen molar-refractivity contribution in [3.8, 4) is 0 Å². The van der Waals surface area contributed by atoms with Crippen molar-refractivity contribution in [3.05, 3.63) is 34.9 Å². The lowest BCUT2D eigenvalue weighted by molar-refractivity contribution is -0.137. The molecule has 0 bridgehead atoms. The Balaban J connectivity index is 2.70. The highest BCUT2D eigenvalue weighted by Crippen LogP contribution is 2.22. The van der Waals surface area contributed by atoms with Crippen LogP contribution in [0.25, 0.3) is 0 Å². The first-order valence-electron chi connectivity index (χ1n) is 6.85. The van der Waals surface area contributed by atoms with E-state index in [1.165, 1.54) is 4.90 Å². The average Bonchev–Trinajstić information content (AvgIpc) is 2.44. The molecule has 0 aliphatic carbocycles. The molecule has 1 rings (SSSR count). The summed E-state index contributed by atoms with van der Waals surface area (Å²) in [6.45, 7) is 3.73. The summed E-state index contributed by atoms with van der Waals surface area (Å²) >= 11 is 5.95. The fraction of sp³-hybridized carbons (Fsp3) is 0.467. The van der Waals surface area contributed by atoms with Crippen molar-refractivity contribution in [1.29, 1.82) is 0 Å². The van der Waals surface area contributed by atoms with Crippen LogP contribution in [-0.4, -0.2) is 35.1 Å². The molecule has 6 heteroatoms. The van der Waals surface area contributed by atoms with Gasteiger partial charge in [0.2, 0.25) is 0 Å². The zero-order valence-electron chi connectivity index (χ0n) is 12.5. The molecule has 2 atom stereocenters. The number of rotatable bonds is 6. The first kappa shape index (κ1) is 17.3. The molecule has 0 aliphatic rings. The average molecular weight is 313 g/mol. The van der Waals surface area contributed by atoms with Crippen LogP contribution in [0.3, 0.4) is 0 Å². The van der Waals surface area contributed by atoms with Crippen LogP contribution in [0.1, 0.15) is 38.3 Å². The summed E-state index contributed by atoms with van der Waals surface area (Å²) in [5.74, 6) is -0.923. The maximum absolute atomic E-state index is 12.2. The highest BCUT2D eigenvalue weighted by molar-refractivity contribution is 6.30. The highest BCUT2D eigenvalue weighted by atomic mass is 35.5. The van der Waals surface area contributed by atoms with Crippen molar-refractivity contribution in [2.45, 2.75) is 38.8 Å². The molecular formula is C15H21ClN2O3. The lowest BCUT2D eigenvalue weighted by Crippen LogP contribution is -2.44. The van der Waals surface area contributed by atoms with E-state index in [2.05, 4.69) is 5.32 Å². The van der Waals surface area contributed by atoms with Gasteiger partial charge in [0.05, 0.1) is 12.5 Å². The van der Waals surface area contributed by atoms with E-state index in [0.29, 0.717) is 11.4 Å². The largest absolute Gasteiger partial charge is 0.481 e. The van der Waals surface area contributed by atoms with E-state index < -0.39 is 5.97 Å². The quantitative estimate of drug-likeness (QED) is 0.846. The first-order chi connectivity index (χ1) is 9.85. The number of carboxylic acid groups (broad SMARTS) is 1. The summed E-state index contributed by atoms with van der Waals surface area (Å²) in [7, 11) is 1.67. The molecule has 5 nitrogen and oxygen atoms in total. The normalized spacial score (nSPS) is 13.3. The van der Waals surface area contributed by atoms with E-state index in [0.717, 1.165) is 5.56 Å². The van der Waals surface area contributed by atoms with Crippen molar-refractivity contribution in [1.82, 2.24) is 10.2 Å². The number of hydrogen-bond acceptors (Lipinski definition) is 2. The molecule has 116 valence electrons. The van der Waals surface area contributed by atoms with Crippen molar-refractivity contribution in [2.24, 2.45) is 0 Å². The first-order valence-corrected chi connectivity index (χ1v) is 7.23. The van der Waals surface area contributed by atoms with Crippen LogP contribution in [0.5, 0.6) is 0 Å². The van der Waals surface area contributed by atoms with E-state index in [-0.39, 0.29) is 24.5 Å². The van der Waals surface area contributed by atoms with Crippen LogP contribution < -0.4 is 5.32 Å². The molecule has 2 unspecified atom stereocenters. The summed E-state index contributed by atoms with van der Waals surface area (Å²) in [4.78, 5) is 24.5. The van der Waals surface area contributed by atoms with Crippen molar-refractivity contribution in [3.63, 3.8) is 0 Å². The second kappa shape index (κ2) is 7.88. The van der Waals surface area contributed by atoms with E-state index >= 15 is 0 Å². The van der Waals surface area contributed by atoms with Crippen LogP contribution in [-0.2, 0) is 4.79 Å². The summed E-state index contributed by atoms with van der Waals surface area (Å²) in [5.41, 5.74) is 0.923. The standard InChI is InChI=1S/C15H21ClN2O3/c1-4-13(9-14(19)20)17-15(21)18(3)10(2)11-6-5-7-12(16)8-11/h5-8,10,13H,4,9H2,1-3H3,(H,17,21)(H,19,20). The summed E-state index contributed by atoms with van der Waals surface area (Å²) in [6, 6.07) is 6.49.